The molecule has 1 aliphatic carbocycles. The van der Waals surface area contributed by atoms with Gasteiger partial charge < -0.3 is 10.2 Å². The number of carbonyl (C=O) groups excluding carboxylic acids is 2. The second-order valence-corrected chi connectivity index (χ2v) is 7.24. The van der Waals surface area contributed by atoms with E-state index in [-0.39, 0.29) is 22.0 Å². The van der Waals surface area contributed by atoms with E-state index in [2.05, 4.69) is 10.3 Å². The van der Waals surface area contributed by atoms with Crippen molar-refractivity contribution < 1.29 is 9.59 Å². The van der Waals surface area contributed by atoms with Crippen LogP contribution in [0, 0.1) is 5.92 Å². The smallest absolute Gasteiger partial charge is 0.256 e. The minimum absolute atomic E-state index is 0.0849. The second-order valence-electron chi connectivity index (χ2n) is 5.48. The summed E-state index contributed by atoms with van der Waals surface area (Å²) in [6.45, 7) is 0.705. The van der Waals surface area contributed by atoms with Crippen LogP contribution in [0.25, 0.3) is 0 Å². The number of carbonyl (C=O) groups is 2. The van der Waals surface area contributed by atoms with Crippen LogP contribution in [0.4, 0.5) is 0 Å². The standard InChI is InChI=1S/C14H15Cl2N3O2S/c15-10-3-9(5-17-12(10)16)14(21)19-7-22-6-11(19)13(20)18-4-8-1-2-8/h3,5,8,11H,1-2,4,6-7H2,(H,18,20). The first-order chi connectivity index (χ1) is 10.6. The van der Waals surface area contributed by atoms with Gasteiger partial charge in [0, 0.05) is 18.5 Å². The Labute approximate surface area is 142 Å². The number of pyridine rings is 1. The van der Waals surface area contributed by atoms with E-state index in [0.717, 1.165) is 0 Å². The lowest BCUT2D eigenvalue weighted by molar-refractivity contribution is -0.124. The predicted molar refractivity (Wildman–Crippen MR) is 87.3 cm³/mol. The second kappa shape index (κ2) is 6.64. The summed E-state index contributed by atoms with van der Waals surface area (Å²) in [6, 6.07) is 1.05. The van der Waals surface area contributed by atoms with Crippen molar-refractivity contribution in [1.82, 2.24) is 15.2 Å². The summed E-state index contributed by atoms with van der Waals surface area (Å²) in [7, 11) is 0. The van der Waals surface area contributed by atoms with Crippen LogP contribution in [0.5, 0.6) is 0 Å². The Morgan fingerprint density at radius 1 is 1.41 bits per heavy atom. The van der Waals surface area contributed by atoms with E-state index >= 15 is 0 Å². The molecular weight excluding hydrogens is 345 g/mol. The van der Waals surface area contributed by atoms with Crippen molar-refractivity contribution in [3.63, 3.8) is 0 Å². The van der Waals surface area contributed by atoms with Crippen LogP contribution >= 0.6 is 35.0 Å². The Balaban J connectivity index is 1.69. The maximum Gasteiger partial charge on any atom is 0.256 e. The molecule has 2 aliphatic rings. The van der Waals surface area contributed by atoms with E-state index < -0.39 is 6.04 Å². The monoisotopic (exact) mass is 359 g/mol. The number of aromatic nitrogens is 1. The molecule has 1 atom stereocenters. The van der Waals surface area contributed by atoms with Gasteiger partial charge in [0.2, 0.25) is 5.91 Å². The lowest BCUT2D eigenvalue weighted by Crippen LogP contribution is -2.47. The third-order valence-electron chi connectivity index (χ3n) is 3.75. The molecule has 0 bridgehead atoms. The number of nitrogens with zero attached hydrogens (tertiary/aromatic N) is 2. The molecule has 0 aromatic carbocycles. The lowest BCUT2D eigenvalue weighted by Gasteiger charge is -2.23. The lowest BCUT2D eigenvalue weighted by atomic mass is 10.2. The Morgan fingerprint density at radius 2 is 2.18 bits per heavy atom. The minimum Gasteiger partial charge on any atom is -0.354 e. The van der Waals surface area contributed by atoms with Gasteiger partial charge in [-0.2, -0.15) is 0 Å². The van der Waals surface area contributed by atoms with Crippen molar-refractivity contribution in [2.24, 2.45) is 5.92 Å². The predicted octanol–water partition coefficient (Wildman–Crippen LogP) is 2.43. The van der Waals surface area contributed by atoms with Crippen LogP contribution in [-0.4, -0.2) is 45.9 Å². The molecule has 2 heterocycles. The fraction of sp³-hybridized carbons (Fsp3) is 0.500. The normalized spacial score (nSPS) is 21.0. The number of thioether (sulfide) groups is 1. The highest BCUT2D eigenvalue weighted by atomic mass is 35.5. The summed E-state index contributed by atoms with van der Waals surface area (Å²) < 4.78 is 0. The van der Waals surface area contributed by atoms with Gasteiger partial charge in [-0.3, -0.25) is 9.59 Å². The molecule has 2 fully saturated rings. The third kappa shape index (κ3) is 3.50. The van der Waals surface area contributed by atoms with Crippen molar-refractivity contribution in [3.8, 4) is 0 Å². The Morgan fingerprint density at radius 3 is 2.86 bits per heavy atom. The number of amides is 2. The highest BCUT2D eigenvalue weighted by Crippen LogP contribution is 2.28. The average molecular weight is 360 g/mol. The average Bonchev–Trinajstić information content (AvgIpc) is 3.21. The highest BCUT2D eigenvalue weighted by molar-refractivity contribution is 7.99. The van der Waals surface area contributed by atoms with Gasteiger partial charge in [-0.15, -0.1) is 11.8 Å². The van der Waals surface area contributed by atoms with Gasteiger partial charge in [0.25, 0.3) is 5.91 Å². The zero-order chi connectivity index (χ0) is 15.7. The zero-order valence-corrected chi connectivity index (χ0v) is 14.0. The molecule has 1 aromatic heterocycles. The number of rotatable bonds is 4. The SMILES string of the molecule is O=C(NCC1CC1)C1CSCN1C(=O)c1cnc(Cl)c(Cl)c1. The Kier molecular flexibility index (Phi) is 4.80. The summed E-state index contributed by atoms with van der Waals surface area (Å²) in [5.74, 6) is 1.37. The maximum absolute atomic E-state index is 12.6. The molecule has 5 nitrogen and oxygen atoms in total. The first-order valence-corrected chi connectivity index (χ1v) is 8.95. The molecule has 1 aliphatic heterocycles. The third-order valence-corrected chi connectivity index (χ3v) is 5.45. The van der Waals surface area contributed by atoms with Crippen LogP contribution in [0.3, 0.4) is 0 Å². The van der Waals surface area contributed by atoms with Gasteiger partial charge in [-0.25, -0.2) is 4.98 Å². The summed E-state index contributed by atoms with van der Waals surface area (Å²) in [4.78, 5) is 30.3. The Hall–Kier alpha value is -0.980. The molecule has 2 amide bonds. The molecule has 1 saturated carbocycles. The van der Waals surface area contributed by atoms with Crippen LogP contribution in [0.2, 0.25) is 10.2 Å². The number of hydrogen-bond acceptors (Lipinski definition) is 4. The summed E-state index contributed by atoms with van der Waals surface area (Å²) >= 11 is 13.2. The number of nitrogens with one attached hydrogen (secondary N) is 1. The summed E-state index contributed by atoms with van der Waals surface area (Å²) in [5, 5.41) is 3.32. The Bertz CT molecular complexity index is 610. The molecule has 1 N–H and O–H groups in total. The number of halogens is 2. The van der Waals surface area contributed by atoms with Gasteiger partial charge in [-0.05, 0) is 24.8 Å². The molecule has 1 saturated heterocycles. The van der Waals surface area contributed by atoms with Gasteiger partial charge >= 0.3 is 0 Å². The first kappa shape index (κ1) is 15.9. The van der Waals surface area contributed by atoms with Crippen molar-refractivity contribution in [1.29, 1.82) is 0 Å². The topological polar surface area (TPSA) is 62.3 Å². The largest absolute Gasteiger partial charge is 0.354 e. The van der Waals surface area contributed by atoms with E-state index in [0.29, 0.717) is 29.7 Å². The number of hydrogen-bond donors (Lipinski definition) is 1. The quantitative estimate of drug-likeness (QED) is 0.838. The molecule has 1 aromatic rings. The minimum atomic E-state index is -0.439. The summed E-state index contributed by atoms with van der Waals surface area (Å²) in [6.07, 6.45) is 3.74. The molecule has 3 rings (SSSR count). The molecule has 1 unspecified atom stereocenters. The zero-order valence-electron chi connectivity index (χ0n) is 11.7. The van der Waals surface area contributed by atoms with Crippen LogP contribution in [0.1, 0.15) is 23.2 Å². The maximum atomic E-state index is 12.6. The van der Waals surface area contributed by atoms with E-state index in [1.165, 1.54) is 25.1 Å². The summed E-state index contributed by atoms with van der Waals surface area (Å²) in [5.41, 5.74) is 0.344. The van der Waals surface area contributed by atoms with Crippen LogP contribution in [-0.2, 0) is 4.79 Å². The molecule has 118 valence electrons. The highest BCUT2D eigenvalue weighted by Gasteiger charge is 2.36. The van der Waals surface area contributed by atoms with E-state index in [4.69, 9.17) is 23.2 Å². The fourth-order valence-corrected chi connectivity index (χ4v) is 3.67. The van der Waals surface area contributed by atoms with Crippen molar-refractivity contribution >= 4 is 46.8 Å². The molecular formula is C14H15Cl2N3O2S. The molecule has 0 spiro atoms. The molecule has 0 radical (unpaired) electrons. The van der Waals surface area contributed by atoms with Crippen molar-refractivity contribution in [2.75, 3.05) is 18.2 Å². The molecule has 8 heteroatoms. The van der Waals surface area contributed by atoms with Crippen molar-refractivity contribution in [2.45, 2.75) is 18.9 Å². The van der Waals surface area contributed by atoms with Gasteiger partial charge in [0.1, 0.15) is 11.2 Å². The van der Waals surface area contributed by atoms with E-state index in [1.807, 2.05) is 0 Å². The van der Waals surface area contributed by atoms with Gasteiger partial charge in [0.05, 0.1) is 16.5 Å². The van der Waals surface area contributed by atoms with Gasteiger partial charge in [0.15, 0.2) is 0 Å². The molecule has 22 heavy (non-hydrogen) atoms. The fourth-order valence-electron chi connectivity index (χ4n) is 2.25. The van der Waals surface area contributed by atoms with E-state index in [9.17, 15) is 9.59 Å². The van der Waals surface area contributed by atoms with Crippen molar-refractivity contribution in [3.05, 3.63) is 28.0 Å². The first-order valence-electron chi connectivity index (χ1n) is 7.03. The van der Waals surface area contributed by atoms with E-state index in [1.54, 1.807) is 16.7 Å². The van der Waals surface area contributed by atoms with Gasteiger partial charge in [-0.1, -0.05) is 23.2 Å². The van der Waals surface area contributed by atoms with Crippen LogP contribution < -0.4 is 5.32 Å². The van der Waals surface area contributed by atoms with Crippen LogP contribution in [0.15, 0.2) is 12.3 Å².